The van der Waals surface area contributed by atoms with Gasteiger partial charge in [-0.3, -0.25) is 0 Å². The Bertz CT molecular complexity index is 314. The zero-order chi connectivity index (χ0) is 11.8. The number of nitrogens with zero attached hydrogens (tertiary/aromatic N) is 1. The van der Waals surface area contributed by atoms with Gasteiger partial charge in [-0.1, -0.05) is 47.0 Å². The van der Waals surface area contributed by atoms with Crippen molar-refractivity contribution in [2.24, 2.45) is 5.92 Å². The summed E-state index contributed by atoms with van der Waals surface area (Å²) in [6.45, 7) is 0.494. The standard InChI is InChI=1S/C10H12Cl3NO2/c11-10(12,13)6-16-9(15)14-5-7-1-3-8(14)4-2-7/h1,3,7-8H,2,4-6H2/t7-,8+/m0/s1. The Labute approximate surface area is 109 Å². The first-order chi connectivity index (χ1) is 7.46. The van der Waals surface area contributed by atoms with Gasteiger partial charge in [0.1, 0.15) is 6.61 Å². The number of alkyl halides is 3. The van der Waals surface area contributed by atoms with Gasteiger partial charge in [-0.25, -0.2) is 4.79 Å². The summed E-state index contributed by atoms with van der Waals surface area (Å²) in [4.78, 5) is 13.4. The molecule has 16 heavy (non-hydrogen) atoms. The third kappa shape index (κ3) is 2.96. The summed E-state index contributed by atoms with van der Waals surface area (Å²) in [7, 11) is 0. The number of rotatable bonds is 1. The lowest BCUT2D eigenvalue weighted by atomic mass is 9.86. The van der Waals surface area contributed by atoms with Crippen LogP contribution in [0.3, 0.4) is 0 Å². The lowest BCUT2D eigenvalue weighted by Crippen LogP contribution is -2.48. The fourth-order valence-electron chi connectivity index (χ4n) is 2.10. The van der Waals surface area contributed by atoms with Gasteiger partial charge in [-0.05, 0) is 18.8 Å². The SMILES string of the molecule is O=C(OCC(Cl)(Cl)Cl)N1C[C@H]2C=C[C@@H]1CC2. The zero-order valence-corrected chi connectivity index (χ0v) is 10.8. The number of halogens is 3. The van der Waals surface area contributed by atoms with E-state index in [-0.39, 0.29) is 12.6 Å². The van der Waals surface area contributed by atoms with Crippen LogP contribution in [0.1, 0.15) is 12.8 Å². The van der Waals surface area contributed by atoms with Crippen LogP contribution < -0.4 is 0 Å². The number of carbonyl (C=O) groups excluding carboxylic acids is 1. The number of hydrogen-bond acceptors (Lipinski definition) is 2. The Morgan fingerprint density at radius 3 is 2.56 bits per heavy atom. The summed E-state index contributed by atoms with van der Waals surface area (Å²) in [5, 5.41) is 0. The Morgan fingerprint density at radius 2 is 2.12 bits per heavy atom. The van der Waals surface area contributed by atoms with Crippen LogP contribution in [0.15, 0.2) is 12.2 Å². The van der Waals surface area contributed by atoms with Crippen molar-refractivity contribution in [3.05, 3.63) is 12.2 Å². The predicted molar refractivity (Wildman–Crippen MR) is 64.0 cm³/mol. The van der Waals surface area contributed by atoms with E-state index in [1.165, 1.54) is 0 Å². The van der Waals surface area contributed by atoms with E-state index in [0.29, 0.717) is 12.5 Å². The molecule has 0 N–H and O–H groups in total. The summed E-state index contributed by atoms with van der Waals surface area (Å²) >= 11 is 16.5. The third-order valence-electron chi connectivity index (χ3n) is 2.86. The Kier molecular flexibility index (Phi) is 3.57. The molecule has 1 aliphatic carbocycles. The first-order valence-electron chi connectivity index (χ1n) is 5.14. The molecule has 0 unspecified atom stereocenters. The van der Waals surface area contributed by atoms with Crippen molar-refractivity contribution < 1.29 is 9.53 Å². The molecule has 2 bridgehead atoms. The zero-order valence-electron chi connectivity index (χ0n) is 8.54. The molecule has 1 fully saturated rings. The van der Waals surface area contributed by atoms with Gasteiger partial charge >= 0.3 is 6.09 Å². The molecule has 3 aliphatic rings. The van der Waals surface area contributed by atoms with E-state index in [1.807, 2.05) is 6.08 Å². The van der Waals surface area contributed by atoms with Crippen LogP contribution in [0.25, 0.3) is 0 Å². The highest BCUT2D eigenvalue weighted by Gasteiger charge is 2.34. The minimum Gasteiger partial charge on any atom is -0.445 e. The van der Waals surface area contributed by atoms with Gasteiger partial charge in [0, 0.05) is 6.54 Å². The van der Waals surface area contributed by atoms with Gasteiger partial charge in [-0.2, -0.15) is 0 Å². The van der Waals surface area contributed by atoms with E-state index in [4.69, 9.17) is 39.5 Å². The summed E-state index contributed by atoms with van der Waals surface area (Å²) in [5.41, 5.74) is 0. The van der Waals surface area contributed by atoms with E-state index in [1.54, 1.807) is 4.90 Å². The highest BCUT2D eigenvalue weighted by Crippen LogP contribution is 2.31. The fourth-order valence-corrected chi connectivity index (χ4v) is 2.26. The average Bonchev–Trinajstić information content (AvgIpc) is 2.26. The second kappa shape index (κ2) is 4.63. The maximum atomic E-state index is 11.7. The molecular weight excluding hydrogens is 272 g/mol. The van der Waals surface area contributed by atoms with Gasteiger partial charge in [0.2, 0.25) is 3.79 Å². The number of fused-ring (bicyclic) bond motifs is 2. The van der Waals surface area contributed by atoms with Crippen molar-refractivity contribution in [3.8, 4) is 0 Å². The Balaban J connectivity index is 1.89. The third-order valence-corrected chi connectivity index (χ3v) is 3.19. The van der Waals surface area contributed by atoms with Crippen molar-refractivity contribution in [2.75, 3.05) is 13.2 Å². The van der Waals surface area contributed by atoms with E-state index in [9.17, 15) is 4.79 Å². The molecule has 2 atom stereocenters. The van der Waals surface area contributed by atoms with Crippen molar-refractivity contribution in [1.82, 2.24) is 4.90 Å². The van der Waals surface area contributed by atoms with Crippen LogP contribution in [-0.4, -0.2) is 34.0 Å². The molecule has 0 aromatic carbocycles. The second-order valence-corrected chi connectivity index (χ2v) is 6.63. The molecule has 6 heteroatoms. The molecule has 1 saturated heterocycles. The summed E-state index contributed by atoms with van der Waals surface area (Å²) in [6, 6.07) is 0.146. The second-order valence-electron chi connectivity index (χ2n) is 4.11. The van der Waals surface area contributed by atoms with Crippen molar-refractivity contribution in [3.63, 3.8) is 0 Å². The molecule has 1 amide bonds. The first-order valence-corrected chi connectivity index (χ1v) is 6.27. The molecular formula is C10H12Cl3NO2. The monoisotopic (exact) mass is 283 g/mol. The molecule has 0 radical (unpaired) electrons. The largest absolute Gasteiger partial charge is 0.445 e. The Hall–Kier alpha value is -0.120. The van der Waals surface area contributed by atoms with Crippen molar-refractivity contribution in [1.29, 1.82) is 0 Å². The van der Waals surface area contributed by atoms with Crippen molar-refractivity contribution in [2.45, 2.75) is 22.7 Å². The maximum absolute atomic E-state index is 11.7. The highest BCUT2D eigenvalue weighted by molar-refractivity contribution is 6.67. The van der Waals surface area contributed by atoms with E-state index < -0.39 is 9.89 Å². The molecule has 3 nitrogen and oxygen atoms in total. The molecule has 0 aromatic rings. The van der Waals surface area contributed by atoms with Crippen LogP contribution in [0, 0.1) is 5.92 Å². The van der Waals surface area contributed by atoms with E-state index in [2.05, 4.69) is 6.08 Å². The smallest absolute Gasteiger partial charge is 0.410 e. The summed E-state index contributed by atoms with van der Waals surface area (Å²) in [6.07, 6.45) is 5.94. The van der Waals surface area contributed by atoms with Gasteiger partial charge in [0.15, 0.2) is 0 Å². The van der Waals surface area contributed by atoms with E-state index in [0.717, 1.165) is 12.8 Å². The van der Waals surface area contributed by atoms with Crippen LogP contribution in [-0.2, 0) is 4.74 Å². The molecule has 0 spiro atoms. The minimum absolute atomic E-state index is 0.146. The van der Waals surface area contributed by atoms with Crippen molar-refractivity contribution >= 4 is 40.9 Å². The number of carbonyl (C=O) groups is 1. The Morgan fingerprint density at radius 1 is 1.38 bits per heavy atom. The quantitative estimate of drug-likeness (QED) is 0.547. The van der Waals surface area contributed by atoms with Gasteiger partial charge < -0.3 is 9.64 Å². The summed E-state index contributed by atoms with van der Waals surface area (Å²) in [5.74, 6) is 0.449. The number of hydrogen-bond donors (Lipinski definition) is 0. The molecule has 2 heterocycles. The molecule has 90 valence electrons. The number of piperidine rings is 1. The van der Waals surface area contributed by atoms with Crippen LogP contribution in [0.5, 0.6) is 0 Å². The highest BCUT2D eigenvalue weighted by atomic mass is 35.6. The van der Waals surface area contributed by atoms with Gasteiger partial charge in [0.05, 0.1) is 6.04 Å². The van der Waals surface area contributed by atoms with Crippen LogP contribution in [0.2, 0.25) is 0 Å². The topological polar surface area (TPSA) is 29.5 Å². The normalized spacial score (nSPS) is 28.3. The average molecular weight is 285 g/mol. The maximum Gasteiger partial charge on any atom is 0.410 e. The molecule has 0 saturated carbocycles. The molecule has 3 rings (SSSR count). The molecule has 2 aliphatic heterocycles. The lowest BCUT2D eigenvalue weighted by molar-refractivity contribution is 0.0717. The van der Waals surface area contributed by atoms with Crippen LogP contribution >= 0.6 is 34.8 Å². The summed E-state index contributed by atoms with van der Waals surface area (Å²) < 4.78 is 3.41. The lowest BCUT2D eigenvalue weighted by Gasteiger charge is -2.40. The van der Waals surface area contributed by atoms with E-state index >= 15 is 0 Å². The molecule has 0 aromatic heterocycles. The van der Waals surface area contributed by atoms with Gasteiger partial charge in [0.25, 0.3) is 0 Å². The van der Waals surface area contributed by atoms with Crippen LogP contribution in [0.4, 0.5) is 4.79 Å². The fraction of sp³-hybridized carbons (Fsp3) is 0.700. The predicted octanol–water partition coefficient (Wildman–Crippen LogP) is 3.14. The minimum atomic E-state index is -1.54. The van der Waals surface area contributed by atoms with Gasteiger partial charge in [-0.15, -0.1) is 0 Å². The first kappa shape index (κ1) is 12.3. The number of amides is 1. The number of ether oxygens (including phenoxy) is 1.